The fourth-order valence-corrected chi connectivity index (χ4v) is 1.63. The molecule has 2 atom stereocenters. The number of aliphatic carboxylic acids is 1. The van der Waals surface area contributed by atoms with Crippen molar-refractivity contribution in [3.05, 3.63) is 0 Å². The van der Waals surface area contributed by atoms with Gasteiger partial charge in [0.25, 0.3) is 0 Å². The summed E-state index contributed by atoms with van der Waals surface area (Å²) in [4.78, 5) is 21.8. The number of amides is 1. The van der Waals surface area contributed by atoms with Crippen LogP contribution in [0, 0.1) is 0 Å². The molecule has 1 amide bonds. The molecular weight excluding hydrogens is 228 g/mol. The Morgan fingerprint density at radius 3 is 2.56 bits per heavy atom. The van der Waals surface area contributed by atoms with Gasteiger partial charge in [-0.15, -0.1) is 0 Å². The predicted octanol–water partition coefficient (Wildman–Crippen LogP) is 0.436. The van der Waals surface area contributed by atoms with Gasteiger partial charge in [-0.05, 0) is 31.8 Å². The number of hydrogen-bond acceptors (Lipinski definition) is 4. The van der Waals surface area contributed by atoms with Crippen molar-refractivity contribution in [2.24, 2.45) is 5.73 Å². The molecule has 0 aliphatic carbocycles. The van der Waals surface area contributed by atoms with Crippen LogP contribution >= 0.6 is 11.8 Å². The first-order valence-corrected chi connectivity index (χ1v) is 6.63. The third-order valence-corrected chi connectivity index (χ3v) is 2.79. The summed E-state index contributed by atoms with van der Waals surface area (Å²) in [7, 11) is 0. The van der Waals surface area contributed by atoms with E-state index in [0.29, 0.717) is 12.8 Å². The fourth-order valence-electron chi connectivity index (χ4n) is 1.14. The van der Waals surface area contributed by atoms with Crippen LogP contribution in [0.15, 0.2) is 0 Å². The third-order valence-electron chi connectivity index (χ3n) is 2.15. The monoisotopic (exact) mass is 248 g/mol. The van der Waals surface area contributed by atoms with Crippen molar-refractivity contribution >= 4 is 23.6 Å². The van der Waals surface area contributed by atoms with E-state index < -0.39 is 12.0 Å². The van der Waals surface area contributed by atoms with E-state index in [1.165, 1.54) is 0 Å². The summed E-state index contributed by atoms with van der Waals surface area (Å²) in [6, 6.07) is -0.649. The predicted molar refractivity (Wildman–Crippen MR) is 65.4 cm³/mol. The summed E-state index contributed by atoms with van der Waals surface area (Å²) in [6.45, 7) is 1.78. The quantitative estimate of drug-likeness (QED) is 0.579. The van der Waals surface area contributed by atoms with Gasteiger partial charge in [-0.2, -0.15) is 11.8 Å². The Morgan fingerprint density at radius 1 is 1.44 bits per heavy atom. The molecule has 0 heterocycles. The van der Waals surface area contributed by atoms with Gasteiger partial charge >= 0.3 is 5.97 Å². The van der Waals surface area contributed by atoms with Gasteiger partial charge in [0.1, 0.15) is 0 Å². The number of carboxylic acid groups (broad SMARTS) is 1. The number of carboxylic acids is 1. The zero-order valence-electron chi connectivity index (χ0n) is 9.73. The van der Waals surface area contributed by atoms with Crippen LogP contribution in [0.2, 0.25) is 0 Å². The van der Waals surface area contributed by atoms with Crippen LogP contribution in [0.1, 0.15) is 26.2 Å². The number of carbonyl (C=O) groups excluding carboxylic acids is 1. The highest BCUT2D eigenvalue weighted by Crippen LogP contribution is 2.01. The molecule has 0 aromatic carbocycles. The molecule has 5 nitrogen and oxygen atoms in total. The summed E-state index contributed by atoms with van der Waals surface area (Å²) in [5, 5.41) is 11.2. The molecule has 0 saturated heterocycles. The molecule has 0 fully saturated rings. The Kier molecular flexibility index (Phi) is 8.01. The first-order chi connectivity index (χ1) is 7.47. The van der Waals surface area contributed by atoms with Crippen molar-refractivity contribution in [3.8, 4) is 0 Å². The number of nitrogens with two attached hydrogens (primary N) is 1. The minimum atomic E-state index is -0.854. The van der Waals surface area contributed by atoms with Gasteiger partial charge < -0.3 is 16.2 Å². The van der Waals surface area contributed by atoms with Gasteiger partial charge in [0.2, 0.25) is 5.91 Å². The highest BCUT2D eigenvalue weighted by atomic mass is 32.2. The van der Waals surface area contributed by atoms with Gasteiger partial charge in [-0.25, -0.2) is 0 Å². The minimum Gasteiger partial charge on any atom is -0.481 e. The average molecular weight is 248 g/mol. The number of hydrogen-bond donors (Lipinski definition) is 3. The molecule has 0 aliphatic heterocycles. The lowest BCUT2D eigenvalue weighted by Crippen LogP contribution is -2.44. The highest BCUT2D eigenvalue weighted by Gasteiger charge is 2.15. The summed E-state index contributed by atoms with van der Waals surface area (Å²) >= 11 is 1.64. The number of carbonyl (C=O) groups is 2. The van der Waals surface area contributed by atoms with E-state index in [9.17, 15) is 9.59 Å². The molecule has 0 saturated carbocycles. The van der Waals surface area contributed by atoms with Gasteiger partial charge in [-0.3, -0.25) is 9.59 Å². The van der Waals surface area contributed by atoms with Crippen molar-refractivity contribution in [1.29, 1.82) is 0 Å². The maximum Gasteiger partial charge on any atom is 0.303 e. The lowest BCUT2D eigenvalue weighted by Gasteiger charge is -2.16. The minimum absolute atomic E-state index is 0.0570. The van der Waals surface area contributed by atoms with Crippen LogP contribution in [0.5, 0.6) is 0 Å². The van der Waals surface area contributed by atoms with E-state index in [0.717, 1.165) is 5.75 Å². The van der Waals surface area contributed by atoms with Crippen molar-refractivity contribution < 1.29 is 14.7 Å². The first kappa shape index (κ1) is 15.2. The molecule has 6 heteroatoms. The zero-order valence-corrected chi connectivity index (χ0v) is 10.5. The molecule has 0 aromatic rings. The van der Waals surface area contributed by atoms with E-state index in [4.69, 9.17) is 10.8 Å². The van der Waals surface area contributed by atoms with Gasteiger partial charge in [0.05, 0.1) is 6.04 Å². The van der Waals surface area contributed by atoms with Gasteiger partial charge in [0.15, 0.2) is 0 Å². The van der Waals surface area contributed by atoms with Crippen LogP contribution in [-0.4, -0.2) is 41.1 Å². The second-order valence-corrected chi connectivity index (χ2v) is 4.72. The van der Waals surface area contributed by atoms with Crippen LogP contribution in [0.4, 0.5) is 0 Å². The normalized spacial score (nSPS) is 14.2. The maximum absolute atomic E-state index is 11.5. The largest absolute Gasteiger partial charge is 0.481 e. The standard InChI is InChI=1S/C10H20N2O3S/c1-7(3-4-9(13)14)12-10(15)8(11)5-6-16-2/h7-8H,3-6,11H2,1-2H3,(H,12,15)(H,13,14)/t7?,8-/m1/s1. The average Bonchev–Trinajstić information content (AvgIpc) is 2.22. The third kappa shape index (κ3) is 7.53. The molecular formula is C10H20N2O3S. The van der Waals surface area contributed by atoms with Gasteiger partial charge in [0, 0.05) is 12.5 Å². The van der Waals surface area contributed by atoms with E-state index in [1.807, 2.05) is 6.26 Å². The lowest BCUT2D eigenvalue weighted by molar-refractivity contribution is -0.137. The molecule has 0 rings (SSSR count). The van der Waals surface area contributed by atoms with Crippen molar-refractivity contribution in [2.45, 2.75) is 38.3 Å². The number of nitrogens with one attached hydrogen (secondary N) is 1. The Bertz CT molecular complexity index is 236. The zero-order chi connectivity index (χ0) is 12.6. The topological polar surface area (TPSA) is 92.4 Å². The smallest absolute Gasteiger partial charge is 0.303 e. The van der Waals surface area contributed by atoms with Crippen LogP contribution in [0.25, 0.3) is 0 Å². The lowest BCUT2D eigenvalue weighted by atomic mass is 10.1. The van der Waals surface area contributed by atoms with Gasteiger partial charge in [-0.1, -0.05) is 0 Å². The summed E-state index contributed by atoms with van der Waals surface area (Å²) in [5.41, 5.74) is 5.67. The highest BCUT2D eigenvalue weighted by molar-refractivity contribution is 7.98. The van der Waals surface area contributed by atoms with E-state index in [1.54, 1.807) is 18.7 Å². The van der Waals surface area contributed by atoms with Crippen molar-refractivity contribution in [2.75, 3.05) is 12.0 Å². The molecule has 94 valence electrons. The molecule has 1 unspecified atom stereocenters. The summed E-state index contributed by atoms with van der Waals surface area (Å²) in [5.74, 6) is -0.210. The Labute approximate surface area is 100 Å². The Balaban J connectivity index is 3.80. The van der Waals surface area contributed by atoms with Crippen molar-refractivity contribution in [3.63, 3.8) is 0 Å². The van der Waals surface area contributed by atoms with Crippen LogP contribution in [-0.2, 0) is 9.59 Å². The van der Waals surface area contributed by atoms with Crippen LogP contribution in [0.3, 0.4) is 0 Å². The van der Waals surface area contributed by atoms with Crippen LogP contribution < -0.4 is 11.1 Å². The van der Waals surface area contributed by atoms with Crippen molar-refractivity contribution in [1.82, 2.24) is 5.32 Å². The summed E-state index contributed by atoms with van der Waals surface area (Å²) in [6.07, 6.45) is 3.08. The van der Waals surface area contributed by atoms with E-state index in [-0.39, 0.29) is 18.4 Å². The van der Waals surface area contributed by atoms with E-state index >= 15 is 0 Å². The maximum atomic E-state index is 11.5. The Hall–Kier alpha value is -0.750. The van der Waals surface area contributed by atoms with E-state index in [2.05, 4.69) is 5.32 Å². The SMILES string of the molecule is CSCC[C@@H](N)C(=O)NC(C)CCC(=O)O. The number of rotatable bonds is 8. The molecule has 0 bridgehead atoms. The number of thioether (sulfide) groups is 1. The molecule has 0 radical (unpaired) electrons. The molecule has 16 heavy (non-hydrogen) atoms. The fraction of sp³-hybridized carbons (Fsp3) is 0.800. The molecule has 4 N–H and O–H groups in total. The summed E-state index contributed by atoms with van der Waals surface area (Å²) < 4.78 is 0. The molecule has 0 spiro atoms. The molecule has 0 aliphatic rings. The Morgan fingerprint density at radius 2 is 2.06 bits per heavy atom. The second kappa shape index (κ2) is 8.41. The first-order valence-electron chi connectivity index (χ1n) is 5.24. The second-order valence-electron chi connectivity index (χ2n) is 3.73. The molecule has 0 aromatic heterocycles.